The largest absolute Gasteiger partial charge is 0.382 e. The summed E-state index contributed by atoms with van der Waals surface area (Å²) in [6.45, 7) is 4.09. The number of terminal acetylenes is 1. The second-order valence-corrected chi connectivity index (χ2v) is 3.38. The van der Waals surface area contributed by atoms with E-state index in [1.807, 2.05) is 13.8 Å². The van der Waals surface area contributed by atoms with Gasteiger partial charge in [0.1, 0.15) is 11.6 Å². The lowest BCUT2D eigenvalue weighted by Crippen LogP contribution is -2.24. The summed E-state index contributed by atoms with van der Waals surface area (Å²) in [6.07, 6.45) is 5.37. The zero-order chi connectivity index (χ0) is 10.6. The number of nitrogens with zero attached hydrogens (tertiary/aromatic N) is 2. The first-order chi connectivity index (χ1) is 6.63. The molecule has 3 N–H and O–H groups in total. The van der Waals surface area contributed by atoms with E-state index in [0.29, 0.717) is 17.6 Å². The summed E-state index contributed by atoms with van der Waals surface area (Å²) < 4.78 is 0. The van der Waals surface area contributed by atoms with Crippen LogP contribution in [0.15, 0.2) is 12.1 Å². The quantitative estimate of drug-likeness (QED) is 0.701. The fourth-order valence-corrected chi connectivity index (χ4v) is 0.980. The summed E-state index contributed by atoms with van der Waals surface area (Å²) in [5.41, 5.74) is 5.41. The Kier molecular flexibility index (Phi) is 3.29. The molecule has 1 atom stereocenters. The van der Waals surface area contributed by atoms with Gasteiger partial charge in [0.2, 0.25) is 0 Å². The Morgan fingerprint density at radius 2 is 2.14 bits per heavy atom. The van der Waals surface area contributed by atoms with Crippen molar-refractivity contribution in [3.63, 3.8) is 0 Å². The molecule has 1 unspecified atom stereocenters. The van der Waals surface area contributed by atoms with Crippen LogP contribution in [-0.2, 0) is 0 Å². The van der Waals surface area contributed by atoms with Gasteiger partial charge in [-0.15, -0.1) is 16.6 Å². The SMILES string of the molecule is C#CC(Nc1ccc(N)nn1)C(C)C. The molecular formula is C10H14N4. The van der Waals surface area contributed by atoms with E-state index in [1.165, 1.54) is 0 Å². The molecule has 1 rings (SSSR count). The number of hydrogen-bond acceptors (Lipinski definition) is 4. The molecule has 14 heavy (non-hydrogen) atoms. The highest BCUT2D eigenvalue weighted by atomic mass is 15.2. The van der Waals surface area contributed by atoms with Crippen molar-refractivity contribution >= 4 is 11.6 Å². The van der Waals surface area contributed by atoms with Crippen molar-refractivity contribution in [2.45, 2.75) is 19.9 Å². The van der Waals surface area contributed by atoms with Crippen LogP contribution in [-0.4, -0.2) is 16.2 Å². The Balaban J connectivity index is 2.69. The number of nitrogens with two attached hydrogens (primary N) is 1. The maximum absolute atomic E-state index is 5.41. The van der Waals surface area contributed by atoms with Gasteiger partial charge in [0.05, 0.1) is 6.04 Å². The van der Waals surface area contributed by atoms with Crippen LogP contribution >= 0.6 is 0 Å². The third kappa shape index (κ3) is 2.63. The third-order valence-electron chi connectivity index (χ3n) is 1.83. The smallest absolute Gasteiger partial charge is 0.149 e. The first-order valence-electron chi connectivity index (χ1n) is 4.45. The lowest BCUT2D eigenvalue weighted by atomic mass is 10.1. The molecule has 4 nitrogen and oxygen atoms in total. The average Bonchev–Trinajstić information content (AvgIpc) is 2.16. The van der Waals surface area contributed by atoms with Crippen LogP contribution in [0.1, 0.15) is 13.8 Å². The van der Waals surface area contributed by atoms with Crippen LogP contribution < -0.4 is 11.1 Å². The minimum Gasteiger partial charge on any atom is -0.382 e. The van der Waals surface area contributed by atoms with Crippen LogP contribution in [0.5, 0.6) is 0 Å². The molecule has 0 fully saturated rings. The van der Waals surface area contributed by atoms with Crippen molar-refractivity contribution in [3.05, 3.63) is 12.1 Å². The van der Waals surface area contributed by atoms with Gasteiger partial charge in [-0.05, 0) is 18.1 Å². The highest BCUT2D eigenvalue weighted by molar-refractivity contribution is 5.40. The lowest BCUT2D eigenvalue weighted by molar-refractivity contribution is 0.611. The van der Waals surface area contributed by atoms with Crippen LogP contribution in [0.2, 0.25) is 0 Å². The van der Waals surface area contributed by atoms with Crippen LogP contribution in [0.3, 0.4) is 0 Å². The fourth-order valence-electron chi connectivity index (χ4n) is 0.980. The molecule has 4 heteroatoms. The zero-order valence-electron chi connectivity index (χ0n) is 8.36. The molecule has 0 aliphatic rings. The van der Waals surface area contributed by atoms with Gasteiger partial charge in [0, 0.05) is 0 Å². The van der Waals surface area contributed by atoms with Crippen molar-refractivity contribution in [3.8, 4) is 12.3 Å². The number of hydrogen-bond donors (Lipinski definition) is 2. The Labute approximate surface area is 83.9 Å². The molecule has 0 aliphatic heterocycles. The second kappa shape index (κ2) is 4.47. The van der Waals surface area contributed by atoms with E-state index in [9.17, 15) is 0 Å². The van der Waals surface area contributed by atoms with Crippen molar-refractivity contribution in [2.24, 2.45) is 5.92 Å². The normalized spacial score (nSPS) is 12.1. The molecule has 1 aromatic rings. The minimum absolute atomic E-state index is 0.0343. The highest BCUT2D eigenvalue weighted by Crippen LogP contribution is 2.09. The van der Waals surface area contributed by atoms with Crippen LogP contribution in [0.25, 0.3) is 0 Å². The van der Waals surface area contributed by atoms with Gasteiger partial charge in [-0.2, -0.15) is 0 Å². The Hall–Kier alpha value is -1.76. The Bertz CT molecular complexity index is 323. The first kappa shape index (κ1) is 10.3. The maximum atomic E-state index is 5.41. The second-order valence-electron chi connectivity index (χ2n) is 3.38. The molecule has 1 heterocycles. The van der Waals surface area contributed by atoms with Gasteiger partial charge < -0.3 is 11.1 Å². The van der Waals surface area contributed by atoms with Gasteiger partial charge in [-0.25, -0.2) is 0 Å². The topological polar surface area (TPSA) is 63.8 Å². The van der Waals surface area contributed by atoms with E-state index in [0.717, 1.165) is 0 Å². The van der Waals surface area contributed by atoms with Gasteiger partial charge >= 0.3 is 0 Å². The summed E-state index contributed by atoms with van der Waals surface area (Å²) in [4.78, 5) is 0. The fraction of sp³-hybridized carbons (Fsp3) is 0.400. The van der Waals surface area contributed by atoms with E-state index in [-0.39, 0.29) is 6.04 Å². The van der Waals surface area contributed by atoms with Crippen LogP contribution in [0.4, 0.5) is 11.6 Å². The summed E-state index contributed by atoms with van der Waals surface area (Å²) in [7, 11) is 0. The number of nitrogens with one attached hydrogen (secondary N) is 1. The summed E-state index contributed by atoms with van der Waals surface area (Å²) in [5, 5.41) is 10.7. The third-order valence-corrected chi connectivity index (χ3v) is 1.83. The molecule has 0 bridgehead atoms. The lowest BCUT2D eigenvalue weighted by Gasteiger charge is -2.16. The molecule has 0 saturated heterocycles. The average molecular weight is 190 g/mol. The van der Waals surface area contributed by atoms with Crippen molar-refractivity contribution < 1.29 is 0 Å². The number of nitrogen functional groups attached to an aromatic ring is 1. The Morgan fingerprint density at radius 3 is 2.57 bits per heavy atom. The molecule has 0 saturated carbocycles. The highest BCUT2D eigenvalue weighted by Gasteiger charge is 2.09. The monoisotopic (exact) mass is 190 g/mol. The molecule has 0 spiro atoms. The molecular weight excluding hydrogens is 176 g/mol. The van der Waals surface area contributed by atoms with Crippen molar-refractivity contribution in [1.82, 2.24) is 10.2 Å². The molecule has 1 aromatic heterocycles. The molecule has 0 aliphatic carbocycles. The number of rotatable bonds is 3. The Morgan fingerprint density at radius 1 is 1.43 bits per heavy atom. The summed E-state index contributed by atoms with van der Waals surface area (Å²) in [5.74, 6) is 4.05. The van der Waals surface area contributed by atoms with E-state index >= 15 is 0 Å². The molecule has 0 amide bonds. The maximum Gasteiger partial charge on any atom is 0.149 e. The van der Waals surface area contributed by atoms with E-state index in [4.69, 9.17) is 12.2 Å². The number of aromatic nitrogens is 2. The van der Waals surface area contributed by atoms with E-state index in [2.05, 4.69) is 21.4 Å². The van der Waals surface area contributed by atoms with Crippen molar-refractivity contribution in [2.75, 3.05) is 11.1 Å². The molecule has 74 valence electrons. The summed E-state index contributed by atoms with van der Waals surface area (Å²) in [6, 6.07) is 3.41. The van der Waals surface area contributed by atoms with Gasteiger partial charge in [0.25, 0.3) is 0 Å². The number of anilines is 2. The van der Waals surface area contributed by atoms with E-state index < -0.39 is 0 Å². The summed E-state index contributed by atoms with van der Waals surface area (Å²) >= 11 is 0. The zero-order valence-corrected chi connectivity index (χ0v) is 8.36. The van der Waals surface area contributed by atoms with E-state index in [1.54, 1.807) is 12.1 Å². The minimum atomic E-state index is -0.0343. The predicted octanol–water partition coefficient (Wildman–Crippen LogP) is 1.13. The van der Waals surface area contributed by atoms with Crippen molar-refractivity contribution in [1.29, 1.82) is 0 Å². The van der Waals surface area contributed by atoms with Gasteiger partial charge in [-0.3, -0.25) is 0 Å². The first-order valence-corrected chi connectivity index (χ1v) is 4.45. The van der Waals surface area contributed by atoms with Gasteiger partial charge in [0.15, 0.2) is 0 Å². The predicted molar refractivity (Wildman–Crippen MR) is 57.5 cm³/mol. The van der Waals surface area contributed by atoms with Crippen LogP contribution in [0, 0.1) is 18.3 Å². The standard InChI is InChI=1S/C10H14N4/c1-4-8(7(2)3)12-10-6-5-9(11)13-14-10/h1,5-8H,2-3H3,(H2,11,13)(H,12,14). The molecule has 0 aromatic carbocycles. The van der Waals surface area contributed by atoms with Gasteiger partial charge in [-0.1, -0.05) is 19.8 Å². The molecule has 0 radical (unpaired) electrons.